The summed E-state index contributed by atoms with van der Waals surface area (Å²) in [6.07, 6.45) is 4.33. The topological polar surface area (TPSA) is 102 Å². The number of unbranched alkanes of at least 4 members (excludes halogenated alkanes) is 2. The van der Waals surface area contributed by atoms with E-state index in [1.54, 1.807) is 6.34 Å². The fourth-order valence-electron chi connectivity index (χ4n) is 5.35. The number of carbonyl (C=O) groups is 2. The van der Waals surface area contributed by atoms with Gasteiger partial charge in [0.15, 0.2) is 0 Å². The summed E-state index contributed by atoms with van der Waals surface area (Å²) in [6, 6.07) is 28.6. The van der Waals surface area contributed by atoms with Crippen molar-refractivity contribution >= 4 is 36.5 Å². The number of carbonyl (C=O) groups excluding carboxylic acids is 2. The summed E-state index contributed by atoms with van der Waals surface area (Å²) in [7, 11) is 0. The minimum absolute atomic E-state index is 0.0131. The predicted octanol–water partition coefficient (Wildman–Crippen LogP) is 5.75. The number of hydrogen-bond acceptors (Lipinski definition) is 4. The molecule has 3 N–H and O–H groups in total. The first-order valence-corrected chi connectivity index (χ1v) is 15.1. The maximum absolute atomic E-state index is 12.0. The standard InChI is InChI=1S/C37H36N6O2/c1-27(44)39-22-23-40-32(45)21-12-4-3-7-14-28-15-13-16-29(24-28)25-43-35(31-19-10-6-11-20-31)33(30-17-8-5-9-18-30)34-36(38)42(2)26-41-37(34)43/h5-6,8-11,13,15-20,24,26,38H,2-4,12,21-23,25H2,1H3,(H-,39,40,44,45)/p+1. The quantitative estimate of drug-likeness (QED) is 0.117. The van der Waals surface area contributed by atoms with Gasteiger partial charge in [0.1, 0.15) is 5.56 Å². The van der Waals surface area contributed by atoms with Crippen LogP contribution >= 0.6 is 0 Å². The van der Waals surface area contributed by atoms with Gasteiger partial charge < -0.3 is 15.2 Å². The van der Waals surface area contributed by atoms with Crippen LogP contribution in [0.1, 0.15) is 49.3 Å². The molecule has 4 aromatic rings. The van der Waals surface area contributed by atoms with Crippen molar-refractivity contribution in [2.45, 2.75) is 39.2 Å². The van der Waals surface area contributed by atoms with Gasteiger partial charge in [-0.2, -0.15) is 5.41 Å². The largest absolute Gasteiger partial charge is 0.355 e. The zero-order valence-electron chi connectivity index (χ0n) is 25.5. The van der Waals surface area contributed by atoms with Crippen molar-refractivity contribution in [2.24, 2.45) is 4.99 Å². The van der Waals surface area contributed by atoms with Gasteiger partial charge in [-0.1, -0.05) is 89.6 Å². The molecule has 0 aliphatic carbocycles. The van der Waals surface area contributed by atoms with Crippen LogP contribution in [0.15, 0.2) is 89.9 Å². The summed E-state index contributed by atoms with van der Waals surface area (Å²) >= 11 is 0. The molecule has 1 aliphatic heterocycles. The number of aliphatic imine (C=N–C) groups is 1. The minimum atomic E-state index is -0.104. The molecule has 0 spiro atoms. The Morgan fingerprint density at radius 2 is 1.62 bits per heavy atom. The van der Waals surface area contributed by atoms with Crippen molar-refractivity contribution in [1.29, 1.82) is 5.41 Å². The molecule has 3 aromatic carbocycles. The fourth-order valence-corrected chi connectivity index (χ4v) is 5.35. The average Bonchev–Trinajstić information content (AvgIpc) is 3.38. The van der Waals surface area contributed by atoms with E-state index in [1.807, 2.05) is 48.5 Å². The Labute approximate surface area is 264 Å². The van der Waals surface area contributed by atoms with E-state index in [-0.39, 0.29) is 11.8 Å². The Morgan fingerprint density at radius 3 is 2.36 bits per heavy atom. The van der Waals surface area contributed by atoms with E-state index < -0.39 is 0 Å². The van der Waals surface area contributed by atoms with Gasteiger partial charge >= 0.3 is 0 Å². The second-order valence-electron chi connectivity index (χ2n) is 10.8. The third-order valence-corrected chi connectivity index (χ3v) is 7.47. The maximum atomic E-state index is 12.0. The van der Waals surface area contributed by atoms with Crippen molar-refractivity contribution in [2.75, 3.05) is 13.1 Å². The highest BCUT2D eigenvalue weighted by atomic mass is 16.2. The third kappa shape index (κ3) is 7.70. The molecule has 8 heteroatoms. The van der Waals surface area contributed by atoms with E-state index in [1.165, 1.54) is 11.5 Å². The van der Waals surface area contributed by atoms with Crippen molar-refractivity contribution in [3.8, 4) is 34.2 Å². The van der Waals surface area contributed by atoms with Gasteiger partial charge in [0, 0.05) is 50.7 Å². The Morgan fingerprint density at radius 1 is 0.911 bits per heavy atom. The highest BCUT2D eigenvalue weighted by molar-refractivity contribution is 6.10. The first kappa shape index (κ1) is 30.9. The molecule has 0 saturated heterocycles. The second kappa shape index (κ2) is 14.8. The van der Waals surface area contributed by atoms with Crippen LogP contribution in [0.3, 0.4) is 0 Å². The van der Waals surface area contributed by atoms with Crippen LogP contribution in [0, 0.1) is 17.3 Å². The summed E-state index contributed by atoms with van der Waals surface area (Å²) < 4.78 is 3.70. The van der Waals surface area contributed by atoms with E-state index >= 15 is 0 Å². The molecule has 0 radical (unpaired) electrons. The van der Waals surface area contributed by atoms with Crippen molar-refractivity contribution in [3.05, 3.63) is 102 Å². The predicted molar refractivity (Wildman–Crippen MR) is 180 cm³/mol. The lowest BCUT2D eigenvalue weighted by molar-refractivity contribution is -0.246. The van der Waals surface area contributed by atoms with E-state index in [9.17, 15) is 9.59 Å². The summed E-state index contributed by atoms with van der Waals surface area (Å²) in [6.45, 7) is 6.87. The van der Waals surface area contributed by atoms with Gasteiger partial charge in [-0.25, -0.2) is 4.58 Å². The Balaban J connectivity index is 1.35. The lowest BCUT2D eigenvalue weighted by Crippen LogP contribution is -2.33. The molecule has 0 unspecified atom stereocenters. The lowest BCUT2D eigenvalue weighted by Gasteiger charge is -2.13. The van der Waals surface area contributed by atoms with Crippen LogP contribution in [0.4, 0.5) is 5.82 Å². The smallest absolute Gasteiger partial charge is 0.271 e. The van der Waals surface area contributed by atoms with Gasteiger partial charge in [-0.15, -0.1) is 0 Å². The zero-order valence-corrected chi connectivity index (χ0v) is 25.5. The van der Waals surface area contributed by atoms with Gasteiger partial charge in [0.25, 0.3) is 5.84 Å². The summed E-state index contributed by atoms with van der Waals surface area (Å²) in [5.74, 6) is 7.46. The molecule has 45 heavy (non-hydrogen) atoms. The van der Waals surface area contributed by atoms with E-state index in [4.69, 9.17) is 10.4 Å². The van der Waals surface area contributed by atoms with Gasteiger partial charge in [-0.3, -0.25) is 9.59 Å². The molecule has 2 heterocycles. The number of aromatic nitrogens is 1. The summed E-state index contributed by atoms with van der Waals surface area (Å²) in [5, 5.41) is 14.4. The maximum Gasteiger partial charge on any atom is 0.271 e. The molecule has 1 aromatic heterocycles. The molecule has 2 amide bonds. The third-order valence-electron chi connectivity index (χ3n) is 7.47. The first-order chi connectivity index (χ1) is 21.9. The Bertz CT molecular complexity index is 1810. The van der Waals surface area contributed by atoms with Crippen LogP contribution in [-0.4, -0.2) is 52.9 Å². The molecular weight excluding hydrogens is 560 g/mol. The number of benzene rings is 3. The van der Waals surface area contributed by atoms with Gasteiger partial charge in [0.05, 0.1) is 12.2 Å². The number of amidine groups is 1. The molecule has 0 saturated carbocycles. The number of hydrogen-bond donors (Lipinski definition) is 3. The highest BCUT2D eigenvalue weighted by Gasteiger charge is 2.34. The summed E-state index contributed by atoms with van der Waals surface area (Å²) in [5.41, 5.74) is 6.78. The van der Waals surface area contributed by atoms with E-state index in [2.05, 4.69) is 70.2 Å². The first-order valence-electron chi connectivity index (χ1n) is 15.1. The highest BCUT2D eigenvalue weighted by Crippen LogP contribution is 2.44. The minimum Gasteiger partial charge on any atom is -0.355 e. The fraction of sp³-hybridized carbons (Fsp3) is 0.216. The van der Waals surface area contributed by atoms with Crippen molar-refractivity contribution in [3.63, 3.8) is 0 Å². The van der Waals surface area contributed by atoms with E-state index in [0.29, 0.717) is 38.3 Å². The lowest BCUT2D eigenvalue weighted by atomic mass is 9.96. The number of nitrogens with zero attached hydrogens (tertiary/aromatic N) is 3. The van der Waals surface area contributed by atoms with Crippen LogP contribution in [0.2, 0.25) is 0 Å². The molecule has 226 valence electrons. The van der Waals surface area contributed by atoms with Crippen LogP contribution in [0.25, 0.3) is 22.4 Å². The number of amides is 2. The van der Waals surface area contributed by atoms with Crippen LogP contribution in [-0.2, 0) is 16.1 Å². The Hall–Kier alpha value is -5.55. The number of fused-ring (bicyclic) bond motifs is 1. The number of nitrogens with one attached hydrogen (secondary N) is 3. The molecular formula is C37H37N6O2+. The van der Waals surface area contributed by atoms with Crippen LogP contribution in [0.5, 0.6) is 0 Å². The van der Waals surface area contributed by atoms with Gasteiger partial charge in [-0.05, 0) is 41.7 Å². The molecule has 0 atom stereocenters. The average molecular weight is 598 g/mol. The molecule has 5 rings (SSSR count). The molecule has 8 nitrogen and oxygen atoms in total. The molecule has 0 fully saturated rings. The normalized spacial score (nSPS) is 11.8. The van der Waals surface area contributed by atoms with Gasteiger partial charge in [0.2, 0.25) is 24.0 Å². The second-order valence-corrected chi connectivity index (χ2v) is 10.8. The monoisotopic (exact) mass is 597 g/mol. The summed E-state index contributed by atoms with van der Waals surface area (Å²) in [4.78, 5) is 27.6. The van der Waals surface area contributed by atoms with Crippen LogP contribution < -0.4 is 10.6 Å². The Kier molecular flexibility index (Phi) is 10.1. The van der Waals surface area contributed by atoms with Crippen molar-refractivity contribution < 1.29 is 14.2 Å². The SMILES string of the molecule is C=[N+]1C=Nc2c(c(-c3ccccc3)c(-c3ccccc3)n2Cc2cccc(C#CCCCCC(=O)NCCNC(C)=O)c2)C1=N. The number of rotatable bonds is 11. The van der Waals surface area contributed by atoms with Crippen molar-refractivity contribution in [1.82, 2.24) is 15.2 Å². The van der Waals surface area contributed by atoms with E-state index in [0.717, 1.165) is 57.7 Å². The molecule has 0 bridgehead atoms. The molecule has 1 aliphatic rings. The zero-order chi connectivity index (χ0) is 31.6.